The molecule has 2 aromatic carbocycles. The molecule has 0 atom stereocenters. The van der Waals surface area contributed by atoms with Crippen molar-refractivity contribution in [1.29, 1.82) is 0 Å². The van der Waals surface area contributed by atoms with Gasteiger partial charge in [0.25, 0.3) is 0 Å². The van der Waals surface area contributed by atoms with Crippen molar-refractivity contribution < 1.29 is 22.8 Å². The van der Waals surface area contributed by atoms with Crippen LogP contribution in [-0.2, 0) is 21.4 Å². The van der Waals surface area contributed by atoms with Gasteiger partial charge >= 0.3 is 0 Å². The van der Waals surface area contributed by atoms with Gasteiger partial charge in [0.2, 0.25) is 15.9 Å². The van der Waals surface area contributed by atoms with Crippen molar-refractivity contribution in [3.8, 4) is 0 Å². The molecule has 0 spiro atoms. The van der Waals surface area contributed by atoms with Crippen molar-refractivity contribution in [1.82, 2.24) is 9.79 Å². The van der Waals surface area contributed by atoms with E-state index in [9.17, 15) is 17.6 Å². The molecule has 2 aromatic rings. The topological polar surface area (TPSA) is 86.7 Å². The lowest BCUT2D eigenvalue weighted by atomic mass is 10.1. The normalized spacial score (nSPS) is 11.6. The van der Waals surface area contributed by atoms with Crippen LogP contribution in [-0.4, -0.2) is 30.4 Å². The van der Waals surface area contributed by atoms with E-state index in [0.717, 1.165) is 9.87 Å². The summed E-state index contributed by atoms with van der Waals surface area (Å²) in [6, 6.07) is 9.42. The van der Waals surface area contributed by atoms with Gasteiger partial charge in [0.1, 0.15) is 5.82 Å². The van der Waals surface area contributed by atoms with Gasteiger partial charge in [-0.3, -0.25) is 10.0 Å². The van der Waals surface area contributed by atoms with E-state index in [1.54, 1.807) is 32.0 Å². The minimum absolute atomic E-state index is 0.147. The molecule has 0 saturated carbocycles. The van der Waals surface area contributed by atoms with Crippen LogP contribution in [0, 0.1) is 26.6 Å². The van der Waals surface area contributed by atoms with Gasteiger partial charge in [-0.2, -0.15) is 4.31 Å². The predicted molar refractivity (Wildman–Crippen MR) is 99.2 cm³/mol. The highest BCUT2D eigenvalue weighted by molar-refractivity contribution is 7.89. The lowest BCUT2D eigenvalue weighted by Gasteiger charge is -2.24. The molecule has 0 aliphatic rings. The molecular formula is C19H23FN2O4S. The molecule has 146 valence electrons. The number of hydrogen-bond donors (Lipinski definition) is 2. The Hall–Kier alpha value is -2.29. The molecule has 6 nitrogen and oxygen atoms in total. The first-order valence-corrected chi connectivity index (χ1v) is 9.85. The number of nitrogens with zero attached hydrogens (tertiary/aromatic N) is 1. The van der Waals surface area contributed by atoms with E-state index in [-0.39, 0.29) is 30.0 Å². The van der Waals surface area contributed by atoms with Crippen molar-refractivity contribution in [3.05, 3.63) is 64.5 Å². The van der Waals surface area contributed by atoms with Crippen molar-refractivity contribution in [2.45, 2.75) is 38.6 Å². The molecule has 27 heavy (non-hydrogen) atoms. The van der Waals surface area contributed by atoms with Crippen LogP contribution in [0.3, 0.4) is 0 Å². The van der Waals surface area contributed by atoms with Gasteiger partial charge in [0, 0.05) is 25.1 Å². The number of rotatable bonds is 7. The number of sulfonamides is 1. The summed E-state index contributed by atoms with van der Waals surface area (Å²) < 4.78 is 41.8. The summed E-state index contributed by atoms with van der Waals surface area (Å²) in [4.78, 5) is 11.6. The zero-order chi connectivity index (χ0) is 20.2. The Morgan fingerprint density at radius 3 is 2.30 bits per heavy atom. The van der Waals surface area contributed by atoms with Crippen LogP contribution in [0.2, 0.25) is 0 Å². The Morgan fingerprint density at radius 2 is 1.74 bits per heavy atom. The highest BCUT2D eigenvalue weighted by atomic mass is 32.2. The van der Waals surface area contributed by atoms with Crippen molar-refractivity contribution in [2.24, 2.45) is 0 Å². The molecule has 0 radical (unpaired) electrons. The number of benzene rings is 2. The third-order valence-corrected chi connectivity index (χ3v) is 6.37. The zero-order valence-corrected chi connectivity index (χ0v) is 16.3. The quantitative estimate of drug-likeness (QED) is 0.558. The number of hydroxylamine groups is 1. The second-order valence-corrected chi connectivity index (χ2v) is 8.32. The molecule has 0 bridgehead atoms. The van der Waals surface area contributed by atoms with E-state index in [1.165, 1.54) is 23.7 Å². The Bertz CT molecular complexity index is 921. The van der Waals surface area contributed by atoms with E-state index >= 15 is 0 Å². The smallest absolute Gasteiger partial charge is 0.244 e. The largest absolute Gasteiger partial charge is 0.289 e. The number of carbonyl (C=O) groups excluding carboxylic acids is 1. The fraction of sp³-hybridized carbons (Fsp3) is 0.316. The maximum atomic E-state index is 14.1. The first-order chi connectivity index (χ1) is 12.7. The third kappa shape index (κ3) is 4.91. The average molecular weight is 394 g/mol. The lowest BCUT2D eigenvalue weighted by molar-refractivity contribution is -0.129. The molecule has 0 heterocycles. The maximum Gasteiger partial charge on any atom is 0.244 e. The molecule has 0 unspecified atom stereocenters. The van der Waals surface area contributed by atoms with Crippen molar-refractivity contribution in [3.63, 3.8) is 0 Å². The van der Waals surface area contributed by atoms with Crippen LogP contribution in [0.5, 0.6) is 0 Å². The maximum absolute atomic E-state index is 14.1. The van der Waals surface area contributed by atoms with E-state index in [4.69, 9.17) is 5.21 Å². The van der Waals surface area contributed by atoms with Gasteiger partial charge in [0.15, 0.2) is 0 Å². The Kier molecular flexibility index (Phi) is 6.69. The SMILES string of the molecule is Cc1cc(C)c(S(=O)(=O)N(CCC(=O)NO)Cc2ccccc2F)c(C)c1. The molecule has 0 aliphatic carbocycles. The first-order valence-electron chi connectivity index (χ1n) is 8.41. The number of carbonyl (C=O) groups is 1. The minimum Gasteiger partial charge on any atom is -0.289 e. The fourth-order valence-corrected chi connectivity index (χ4v) is 4.92. The molecule has 2 rings (SSSR count). The van der Waals surface area contributed by atoms with Gasteiger partial charge in [0.05, 0.1) is 4.90 Å². The monoisotopic (exact) mass is 394 g/mol. The van der Waals surface area contributed by atoms with E-state index < -0.39 is 21.7 Å². The van der Waals surface area contributed by atoms with Crippen molar-refractivity contribution in [2.75, 3.05) is 6.54 Å². The molecule has 8 heteroatoms. The fourth-order valence-electron chi connectivity index (χ4n) is 3.09. The molecule has 0 aromatic heterocycles. The van der Waals surface area contributed by atoms with Gasteiger partial charge < -0.3 is 0 Å². The average Bonchev–Trinajstić information content (AvgIpc) is 2.58. The first kappa shape index (κ1) is 21.0. The number of nitrogens with one attached hydrogen (secondary N) is 1. The predicted octanol–water partition coefficient (Wildman–Crippen LogP) is 2.84. The lowest BCUT2D eigenvalue weighted by Crippen LogP contribution is -2.35. The third-order valence-electron chi connectivity index (χ3n) is 4.22. The summed E-state index contributed by atoms with van der Waals surface area (Å²) >= 11 is 0. The summed E-state index contributed by atoms with van der Waals surface area (Å²) in [6.45, 7) is 4.86. The minimum atomic E-state index is -3.99. The zero-order valence-electron chi connectivity index (χ0n) is 15.5. The number of halogens is 1. The second-order valence-electron chi connectivity index (χ2n) is 6.44. The number of aryl methyl sites for hydroxylation is 3. The van der Waals surface area contributed by atoms with E-state index in [2.05, 4.69) is 0 Å². The van der Waals surface area contributed by atoms with Crippen LogP contribution < -0.4 is 5.48 Å². The summed E-state index contributed by atoms with van der Waals surface area (Å²) in [5.74, 6) is -1.25. The van der Waals surface area contributed by atoms with Crippen LogP contribution in [0.25, 0.3) is 0 Å². The summed E-state index contributed by atoms with van der Waals surface area (Å²) in [6.07, 6.45) is -0.256. The highest BCUT2D eigenvalue weighted by Crippen LogP contribution is 2.27. The van der Waals surface area contributed by atoms with Crippen LogP contribution in [0.15, 0.2) is 41.3 Å². The number of hydrogen-bond acceptors (Lipinski definition) is 4. The summed E-state index contributed by atoms with van der Waals surface area (Å²) in [7, 11) is -3.99. The van der Waals surface area contributed by atoms with Gasteiger partial charge in [-0.15, -0.1) is 0 Å². The van der Waals surface area contributed by atoms with E-state index in [1.807, 2.05) is 6.92 Å². The molecule has 2 N–H and O–H groups in total. The highest BCUT2D eigenvalue weighted by Gasteiger charge is 2.29. The molecule has 0 aliphatic heterocycles. The number of amides is 1. The van der Waals surface area contributed by atoms with Gasteiger partial charge in [-0.1, -0.05) is 35.9 Å². The summed E-state index contributed by atoms with van der Waals surface area (Å²) in [5.41, 5.74) is 3.78. The van der Waals surface area contributed by atoms with Gasteiger partial charge in [-0.25, -0.2) is 18.3 Å². The van der Waals surface area contributed by atoms with Crippen LogP contribution >= 0.6 is 0 Å². The summed E-state index contributed by atoms with van der Waals surface area (Å²) in [5, 5.41) is 8.69. The Morgan fingerprint density at radius 1 is 1.15 bits per heavy atom. The van der Waals surface area contributed by atoms with E-state index in [0.29, 0.717) is 11.1 Å². The van der Waals surface area contributed by atoms with Crippen LogP contribution in [0.1, 0.15) is 28.7 Å². The second kappa shape index (κ2) is 8.60. The molecule has 0 fully saturated rings. The molecular weight excluding hydrogens is 371 g/mol. The van der Waals surface area contributed by atoms with Gasteiger partial charge in [-0.05, 0) is 38.0 Å². The molecule has 0 saturated heterocycles. The Balaban J connectivity index is 2.48. The van der Waals surface area contributed by atoms with Crippen LogP contribution in [0.4, 0.5) is 4.39 Å². The molecule has 1 amide bonds. The standard InChI is InChI=1S/C19H23FN2O4S/c1-13-10-14(2)19(15(3)11-13)27(25,26)22(9-8-18(23)21-24)12-16-6-4-5-7-17(16)20/h4-7,10-11,24H,8-9,12H2,1-3H3,(H,21,23). The van der Waals surface area contributed by atoms with Crippen molar-refractivity contribution >= 4 is 15.9 Å². The Labute approximate surface area is 158 Å².